The number of hydrogen-bond acceptors (Lipinski definition) is 2. The van der Waals surface area contributed by atoms with E-state index in [4.69, 9.17) is 0 Å². The second-order valence-electron chi connectivity index (χ2n) is 5.22. The Kier molecular flexibility index (Phi) is 4.79. The lowest BCUT2D eigenvalue weighted by atomic mass is 9.86. The van der Waals surface area contributed by atoms with Crippen LogP contribution >= 0.6 is 0 Å². The summed E-state index contributed by atoms with van der Waals surface area (Å²) in [5.74, 6) is 1.50. The minimum Gasteiger partial charge on any atom is -0.309 e. The average Bonchev–Trinajstić information content (AvgIpc) is 2.85. The number of hydrogen-bond donors (Lipinski definition) is 2. The standard InChI is InChI=1S/C14H23N3O/c1-2-12-10-13(17-16-12)15-14(18)9-8-11-6-4-3-5-7-11/h10-11H,2-9H2,1H3,(H2,15,16,17,18). The van der Waals surface area contributed by atoms with Crippen molar-refractivity contribution in [2.45, 2.75) is 58.3 Å². The Hall–Kier alpha value is -1.32. The fourth-order valence-electron chi connectivity index (χ4n) is 2.62. The molecular formula is C14H23N3O. The number of aryl methyl sites for hydroxylation is 1. The van der Waals surface area contributed by atoms with Gasteiger partial charge in [0, 0.05) is 18.2 Å². The first-order chi connectivity index (χ1) is 8.78. The van der Waals surface area contributed by atoms with Crippen LogP contribution in [0.5, 0.6) is 0 Å². The van der Waals surface area contributed by atoms with E-state index in [0.29, 0.717) is 12.2 Å². The summed E-state index contributed by atoms with van der Waals surface area (Å²) in [4.78, 5) is 11.8. The number of rotatable bonds is 5. The molecule has 0 unspecified atom stereocenters. The van der Waals surface area contributed by atoms with Crippen LogP contribution in [0, 0.1) is 5.92 Å². The predicted molar refractivity (Wildman–Crippen MR) is 72.4 cm³/mol. The number of carbonyl (C=O) groups is 1. The molecule has 0 bridgehead atoms. The van der Waals surface area contributed by atoms with Crippen molar-refractivity contribution in [3.8, 4) is 0 Å². The molecule has 0 spiro atoms. The summed E-state index contributed by atoms with van der Waals surface area (Å²) in [5, 5.41) is 9.82. The van der Waals surface area contributed by atoms with Crippen molar-refractivity contribution in [1.29, 1.82) is 0 Å². The summed E-state index contributed by atoms with van der Waals surface area (Å²) in [5.41, 5.74) is 1.05. The number of nitrogens with one attached hydrogen (secondary N) is 2. The SMILES string of the molecule is CCc1cc(NC(=O)CCC2CCCCC2)n[nH]1. The second-order valence-corrected chi connectivity index (χ2v) is 5.22. The van der Waals surface area contributed by atoms with E-state index in [-0.39, 0.29) is 5.91 Å². The normalized spacial score (nSPS) is 16.7. The van der Waals surface area contributed by atoms with Crippen molar-refractivity contribution < 1.29 is 4.79 Å². The van der Waals surface area contributed by atoms with Gasteiger partial charge in [0.2, 0.25) is 5.91 Å². The molecule has 1 aliphatic carbocycles. The van der Waals surface area contributed by atoms with Crippen molar-refractivity contribution >= 4 is 11.7 Å². The predicted octanol–water partition coefficient (Wildman–Crippen LogP) is 3.27. The summed E-state index contributed by atoms with van der Waals surface area (Å²) in [7, 11) is 0. The van der Waals surface area contributed by atoms with E-state index in [1.807, 2.05) is 6.07 Å². The Labute approximate surface area is 109 Å². The van der Waals surface area contributed by atoms with Crippen LogP contribution in [0.1, 0.15) is 57.6 Å². The van der Waals surface area contributed by atoms with Gasteiger partial charge in [-0.05, 0) is 18.8 Å². The van der Waals surface area contributed by atoms with E-state index in [1.165, 1.54) is 32.1 Å². The van der Waals surface area contributed by atoms with Crippen LogP contribution in [0.25, 0.3) is 0 Å². The first kappa shape index (κ1) is 13.1. The third-order valence-corrected chi connectivity index (χ3v) is 3.78. The highest BCUT2D eigenvalue weighted by molar-refractivity contribution is 5.89. The van der Waals surface area contributed by atoms with E-state index < -0.39 is 0 Å². The first-order valence-electron chi connectivity index (χ1n) is 7.12. The van der Waals surface area contributed by atoms with Crippen molar-refractivity contribution in [3.63, 3.8) is 0 Å². The van der Waals surface area contributed by atoms with Gasteiger partial charge in [0.25, 0.3) is 0 Å². The first-order valence-corrected chi connectivity index (χ1v) is 7.12. The molecule has 0 aliphatic heterocycles. The van der Waals surface area contributed by atoms with Gasteiger partial charge in [-0.25, -0.2) is 0 Å². The van der Waals surface area contributed by atoms with Gasteiger partial charge in [-0.3, -0.25) is 9.89 Å². The monoisotopic (exact) mass is 249 g/mol. The zero-order chi connectivity index (χ0) is 12.8. The molecule has 1 heterocycles. The Morgan fingerprint density at radius 1 is 1.44 bits per heavy atom. The zero-order valence-corrected chi connectivity index (χ0v) is 11.2. The summed E-state index contributed by atoms with van der Waals surface area (Å²) >= 11 is 0. The van der Waals surface area contributed by atoms with E-state index in [1.54, 1.807) is 0 Å². The van der Waals surface area contributed by atoms with Gasteiger partial charge in [-0.2, -0.15) is 5.10 Å². The number of aromatic amines is 1. The van der Waals surface area contributed by atoms with E-state index in [0.717, 1.165) is 24.5 Å². The fraction of sp³-hybridized carbons (Fsp3) is 0.714. The summed E-state index contributed by atoms with van der Waals surface area (Å²) in [6.45, 7) is 2.06. The van der Waals surface area contributed by atoms with Crippen LogP contribution in [0.15, 0.2) is 6.07 Å². The largest absolute Gasteiger partial charge is 0.309 e. The Bertz CT molecular complexity index is 380. The highest BCUT2D eigenvalue weighted by atomic mass is 16.1. The van der Waals surface area contributed by atoms with Gasteiger partial charge in [-0.1, -0.05) is 39.0 Å². The molecule has 1 aromatic rings. The quantitative estimate of drug-likeness (QED) is 0.841. The molecule has 1 amide bonds. The maximum atomic E-state index is 11.8. The highest BCUT2D eigenvalue weighted by Crippen LogP contribution is 2.27. The number of nitrogens with zero attached hydrogens (tertiary/aromatic N) is 1. The lowest BCUT2D eigenvalue weighted by Gasteiger charge is -2.20. The molecule has 18 heavy (non-hydrogen) atoms. The zero-order valence-electron chi connectivity index (χ0n) is 11.2. The molecule has 1 aliphatic rings. The molecule has 0 aromatic carbocycles. The average molecular weight is 249 g/mol. The molecule has 100 valence electrons. The summed E-state index contributed by atoms with van der Waals surface area (Å²) in [6.07, 6.45) is 9.21. The van der Waals surface area contributed by atoms with Gasteiger partial charge in [0.15, 0.2) is 5.82 Å². The molecule has 2 N–H and O–H groups in total. The Morgan fingerprint density at radius 2 is 2.22 bits per heavy atom. The Morgan fingerprint density at radius 3 is 2.89 bits per heavy atom. The number of aromatic nitrogens is 2. The molecule has 2 rings (SSSR count). The van der Waals surface area contributed by atoms with E-state index in [9.17, 15) is 4.79 Å². The summed E-state index contributed by atoms with van der Waals surface area (Å²) in [6, 6.07) is 1.90. The third-order valence-electron chi connectivity index (χ3n) is 3.78. The Balaban J connectivity index is 1.71. The fourth-order valence-corrected chi connectivity index (χ4v) is 2.62. The molecule has 4 heteroatoms. The molecule has 1 saturated carbocycles. The molecule has 4 nitrogen and oxygen atoms in total. The minimum atomic E-state index is 0.0923. The second kappa shape index (κ2) is 6.57. The molecule has 0 saturated heterocycles. The molecule has 1 aromatic heterocycles. The third kappa shape index (κ3) is 3.86. The lowest BCUT2D eigenvalue weighted by Crippen LogP contribution is -2.15. The molecule has 1 fully saturated rings. The van der Waals surface area contributed by atoms with Crippen molar-refractivity contribution in [3.05, 3.63) is 11.8 Å². The number of carbonyl (C=O) groups excluding carboxylic acids is 1. The smallest absolute Gasteiger partial charge is 0.225 e. The van der Waals surface area contributed by atoms with Gasteiger partial charge in [0.05, 0.1) is 0 Å². The van der Waals surface area contributed by atoms with Gasteiger partial charge >= 0.3 is 0 Å². The topological polar surface area (TPSA) is 57.8 Å². The maximum absolute atomic E-state index is 11.8. The van der Waals surface area contributed by atoms with Gasteiger partial charge in [-0.15, -0.1) is 0 Å². The van der Waals surface area contributed by atoms with Crippen LogP contribution < -0.4 is 5.32 Å². The molecule has 0 radical (unpaired) electrons. The van der Waals surface area contributed by atoms with Crippen LogP contribution in [0.4, 0.5) is 5.82 Å². The van der Waals surface area contributed by atoms with E-state index in [2.05, 4.69) is 22.4 Å². The highest BCUT2D eigenvalue weighted by Gasteiger charge is 2.15. The van der Waals surface area contributed by atoms with Crippen LogP contribution in [-0.4, -0.2) is 16.1 Å². The minimum absolute atomic E-state index is 0.0923. The van der Waals surface area contributed by atoms with Crippen LogP contribution in [-0.2, 0) is 11.2 Å². The van der Waals surface area contributed by atoms with Crippen molar-refractivity contribution in [2.75, 3.05) is 5.32 Å². The van der Waals surface area contributed by atoms with Crippen LogP contribution in [0.2, 0.25) is 0 Å². The number of H-pyrrole nitrogens is 1. The van der Waals surface area contributed by atoms with Gasteiger partial charge < -0.3 is 5.32 Å². The number of amides is 1. The van der Waals surface area contributed by atoms with Gasteiger partial charge in [0.1, 0.15) is 0 Å². The van der Waals surface area contributed by atoms with Crippen molar-refractivity contribution in [2.24, 2.45) is 5.92 Å². The maximum Gasteiger partial charge on any atom is 0.225 e. The summed E-state index contributed by atoms with van der Waals surface area (Å²) < 4.78 is 0. The number of anilines is 1. The van der Waals surface area contributed by atoms with Crippen LogP contribution in [0.3, 0.4) is 0 Å². The lowest BCUT2D eigenvalue weighted by molar-refractivity contribution is -0.116. The molecule has 0 atom stereocenters. The van der Waals surface area contributed by atoms with Crippen molar-refractivity contribution in [1.82, 2.24) is 10.2 Å². The van der Waals surface area contributed by atoms with E-state index >= 15 is 0 Å². The molecular weight excluding hydrogens is 226 g/mol.